The first-order valence-electron chi connectivity index (χ1n) is 15.0. The molecule has 0 fully saturated rings. The van der Waals surface area contributed by atoms with E-state index in [4.69, 9.17) is 14.9 Å². The SMILES string of the molecule is COc1ccc(Cn2c(CCc3c[nH]c4ccccc34)nnc2C(Cc2c[nH]c3ccccc23)NC(=O)C2C=CCN2)cc1. The van der Waals surface area contributed by atoms with E-state index in [-0.39, 0.29) is 11.9 Å². The number of H-pyrrole nitrogens is 2. The molecule has 0 saturated carbocycles. The van der Waals surface area contributed by atoms with Crippen molar-refractivity contribution in [2.45, 2.75) is 37.9 Å². The molecular formula is C35H35N7O2. The summed E-state index contributed by atoms with van der Waals surface area (Å²) in [4.78, 5) is 20.2. The van der Waals surface area contributed by atoms with Crippen LogP contribution in [0.2, 0.25) is 0 Å². The summed E-state index contributed by atoms with van der Waals surface area (Å²) in [6.07, 6.45) is 10.1. The summed E-state index contributed by atoms with van der Waals surface area (Å²) in [5, 5.41) is 18.4. The zero-order valence-corrected chi connectivity index (χ0v) is 24.6. The van der Waals surface area contributed by atoms with E-state index in [1.807, 2.05) is 48.7 Å². The molecule has 0 spiro atoms. The van der Waals surface area contributed by atoms with Crippen molar-refractivity contribution >= 4 is 27.7 Å². The van der Waals surface area contributed by atoms with E-state index >= 15 is 0 Å². The van der Waals surface area contributed by atoms with Crippen LogP contribution in [0.3, 0.4) is 0 Å². The molecule has 0 bridgehead atoms. The molecule has 9 heteroatoms. The van der Waals surface area contributed by atoms with Gasteiger partial charge in [-0.3, -0.25) is 10.1 Å². The Morgan fingerprint density at radius 2 is 1.64 bits per heavy atom. The monoisotopic (exact) mass is 585 g/mol. The second-order valence-electron chi connectivity index (χ2n) is 11.2. The van der Waals surface area contributed by atoms with Crippen molar-refractivity contribution in [1.29, 1.82) is 0 Å². The highest BCUT2D eigenvalue weighted by Crippen LogP contribution is 2.27. The van der Waals surface area contributed by atoms with Crippen molar-refractivity contribution in [3.63, 3.8) is 0 Å². The van der Waals surface area contributed by atoms with Crippen LogP contribution in [0.15, 0.2) is 97.3 Å². The number of carbonyl (C=O) groups excluding carboxylic acids is 1. The molecule has 0 saturated heterocycles. The van der Waals surface area contributed by atoms with Crippen LogP contribution in [0.4, 0.5) is 0 Å². The van der Waals surface area contributed by atoms with Gasteiger partial charge in [-0.1, -0.05) is 60.7 Å². The minimum absolute atomic E-state index is 0.0806. The van der Waals surface area contributed by atoms with Gasteiger partial charge in [0.25, 0.3) is 0 Å². The number of aryl methyl sites for hydroxylation is 2. The molecule has 2 atom stereocenters. The highest BCUT2D eigenvalue weighted by Gasteiger charge is 2.28. The smallest absolute Gasteiger partial charge is 0.241 e. The average molecular weight is 586 g/mol. The molecule has 7 rings (SSSR count). The normalized spacial score (nSPS) is 15.2. The summed E-state index contributed by atoms with van der Waals surface area (Å²) < 4.78 is 7.57. The highest BCUT2D eigenvalue weighted by atomic mass is 16.5. The Kier molecular flexibility index (Phi) is 7.69. The quantitative estimate of drug-likeness (QED) is 0.160. The summed E-state index contributed by atoms with van der Waals surface area (Å²) in [5.74, 6) is 2.33. The van der Waals surface area contributed by atoms with Crippen LogP contribution in [0.25, 0.3) is 21.8 Å². The van der Waals surface area contributed by atoms with Crippen molar-refractivity contribution in [2.75, 3.05) is 13.7 Å². The van der Waals surface area contributed by atoms with E-state index in [1.54, 1.807) is 7.11 Å². The molecule has 9 nitrogen and oxygen atoms in total. The van der Waals surface area contributed by atoms with Crippen LogP contribution in [0.5, 0.6) is 5.75 Å². The molecule has 3 aromatic heterocycles. The first-order chi connectivity index (χ1) is 21.7. The predicted octanol–water partition coefficient (Wildman–Crippen LogP) is 5.01. The lowest BCUT2D eigenvalue weighted by Gasteiger charge is -2.22. The molecule has 1 aliphatic rings. The Labute approximate surface area is 255 Å². The van der Waals surface area contributed by atoms with Gasteiger partial charge in [0.1, 0.15) is 17.6 Å². The first kappa shape index (κ1) is 27.7. The van der Waals surface area contributed by atoms with Crippen molar-refractivity contribution in [2.24, 2.45) is 0 Å². The highest BCUT2D eigenvalue weighted by molar-refractivity contribution is 5.85. The number of nitrogens with zero attached hydrogens (tertiary/aromatic N) is 3. The number of rotatable bonds is 11. The number of para-hydroxylation sites is 2. The van der Waals surface area contributed by atoms with Gasteiger partial charge in [0.2, 0.25) is 5.91 Å². The van der Waals surface area contributed by atoms with Crippen molar-refractivity contribution in [1.82, 2.24) is 35.4 Å². The van der Waals surface area contributed by atoms with Crippen LogP contribution >= 0.6 is 0 Å². The third kappa shape index (κ3) is 5.61. The Morgan fingerprint density at radius 1 is 0.932 bits per heavy atom. The van der Waals surface area contributed by atoms with Gasteiger partial charge in [-0.2, -0.15) is 0 Å². The molecule has 2 unspecified atom stereocenters. The Hall–Kier alpha value is -5.15. The zero-order valence-electron chi connectivity index (χ0n) is 24.6. The van der Waals surface area contributed by atoms with E-state index < -0.39 is 6.04 Å². The molecule has 3 aromatic carbocycles. The van der Waals surface area contributed by atoms with E-state index in [9.17, 15) is 4.79 Å². The Morgan fingerprint density at radius 3 is 2.34 bits per heavy atom. The van der Waals surface area contributed by atoms with Gasteiger partial charge in [0.05, 0.1) is 19.7 Å². The number of nitrogens with one attached hydrogen (secondary N) is 4. The lowest BCUT2D eigenvalue weighted by Crippen LogP contribution is -2.43. The van der Waals surface area contributed by atoms with Crippen LogP contribution in [-0.4, -0.2) is 50.3 Å². The fraction of sp³-hybridized carbons (Fsp3) is 0.229. The summed E-state index contributed by atoms with van der Waals surface area (Å²) in [6, 6.07) is 23.9. The fourth-order valence-corrected chi connectivity index (χ4v) is 6.10. The molecule has 6 aromatic rings. The Balaban J connectivity index is 1.25. The van der Waals surface area contributed by atoms with Gasteiger partial charge in [-0.25, -0.2) is 0 Å². The third-order valence-electron chi connectivity index (χ3n) is 8.44. The van der Waals surface area contributed by atoms with Crippen LogP contribution in [0.1, 0.15) is 34.4 Å². The number of methoxy groups -OCH3 is 1. The number of hydrogen-bond acceptors (Lipinski definition) is 5. The van der Waals surface area contributed by atoms with Crippen LogP contribution in [0, 0.1) is 0 Å². The number of benzene rings is 3. The zero-order chi connectivity index (χ0) is 29.9. The van der Waals surface area contributed by atoms with Gasteiger partial charge in [-0.15, -0.1) is 10.2 Å². The number of aromatic nitrogens is 5. The van der Waals surface area contributed by atoms with E-state index in [0.29, 0.717) is 25.9 Å². The maximum absolute atomic E-state index is 13.5. The molecule has 1 aliphatic heterocycles. The number of fused-ring (bicyclic) bond motifs is 2. The molecular weight excluding hydrogens is 550 g/mol. The Bertz CT molecular complexity index is 1930. The van der Waals surface area contributed by atoms with Crippen molar-refractivity contribution < 1.29 is 9.53 Å². The maximum atomic E-state index is 13.5. The lowest BCUT2D eigenvalue weighted by molar-refractivity contribution is -0.122. The number of amides is 1. The molecule has 0 radical (unpaired) electrons. The summed E-state index contributed by atoms with van der Waals surface area (Å²) in [7, 11) is 1.67. The largest absolute Gasteiger partial charge is 0.497 e. The number of ether oxygens (including phenoxy) is 1. The molecule has 4 heterocycles. The third-order valence-corrected chi connectivity index (χ3v) is 8.44. The van der Waals surface area contributed by atoms with Gasteiger partial charge < -0.3 is 24.6 Å². The molecule has 222 valence electrons. The van der Waals surface area contributed by atoms with E-state index in [0.717, 1.165) is 51.4 Å². The second-order valence-corrected chi connectivity index (χ2v) is 11.2. The fourth-order valence-electron chi connectivity index (χ4n) is 6.10. The molecule has 0 aliphatic carbocycles. The molecule has 4 N–H and O–H groups in total. The second kappa shape index (κ2) is 12.2. The summed E-state index contributed by atoms with van der Waals surface area (Å²) in [6.45, 7) is 1.24. The topological polar surface area (TPSA) is 113 Å². The standard InChI is InChI=1S/C35H35N7O2/c1-44-26-15-12-23(13-16-26)22-42-33(17-14-24-20-37-29-9-4-2-7-27(24)29)40-41-34(42)32(39-35(43)31-11-6-18-36-31)19-25-21-38-30-10-5-3-8-28(25)30/h2-13,15-16,20-21,31-32,36-38H,14,17-19,22H2,1H3,(H,39,43). The van der Waals surface area contributed by atoms with Gasteiger partial charge in [-0.05, 0) is 47.4 Å². The number of carbonyl (C=O) groups is 1. The first-order valence-corrected chi connectivity index (χ1v) is 15.0. The van der Waals surface area contributed by atoms with Crippen molar-refractivity contribution in [3.8, 4) is 5.75 Å². The minimum atomic E-state index is -0.398. The van der Waals surface area contributed by atoms with E-state index in [2.05, 4.69) is 73.8 Å². The number of hydrogen-bond donors (Lipinski definition) is 4. The maximum Gasteiger partial charge on any atom is 0.241 e. The lowest BCUT2D eigenvalue weighted by atomic mass is 10.0. The van der Waals surface area contributed by atoms with Crippen LogP contribution < -0.4 is 15.4 Å². The predicted molar refractivity (Wildman–Crippen MR) is 172 cm³/mol. The van der Waals surface area contributed by atoms with E-state index in [1.165, 1.54) is 10.9 Å². The minimum Gasteiger partial charge on any atom is -0.497 e. The molecule has 1 amide bonds. The summed E-state index contributed by atoms with van der Waals surface area (Å²) >= 11 is 0. The van der Waals surface area contributed by atoms with Gasteiger partial charge >= 0.3 is 0 Å². The van der Waals surface area contributed by atoms with Gasteiger partial charge in [0, 0.05) is 53.6 Å². The van der Waals surface area contributed by atoms with Crippen molar-refractivity contribution in [3.05, 3.63) is 126 Å². The average Bonchev–Trinajstić information content (AvgIpc) is 3.88. The van der Waals surface area contributed by atoms with Gasteiger partial charge in [0.15, 0.2) is 5.82 Å². The molecule has 44 heavy (non-hydrogen) atoms. The number of aromatic amines is 2. The van der Waals surface area contributed by atoms with Crippen LogP contribution in [-0.2, 0) is 30.6 Å². The summed E-state index contributed by atoms with van der Waals surface area (Å²) in [5.41, 5.74) is 5.63.